The number of anilines is 1. The molecule has 2 rings (SSSR count). The first kappa shape index (κ1) is 10.4. The van der Waals surface area contributed by atoms with E-state index in [1.165, 1.54) is 0 Å². The van der Waals surface area contributed by atoms with Crippen LogP contribution in [0.15, 0.2) is 18.5 Å². The van der Waals surface area contributed by atoms with Crippen LogP contribution >= 0.6 is 0 Å². The molecule has 2 heterocycles. The summed E-state index contributed by atoms with van der Waals surface area (Å²) in [6, 6.07) is 1.74. The van der Waals surface area contributed by atoms with E-state index in [2.05, 4.69) is 25.4 Å². The molecule has 6 nitrogen and oxygen atoms in total. The molecule has 0 amide bonds. The van der Waals surface area contributed by atoms with Gasteiger partial charge < -0.3 is 5.43 Å². The zero-order valence-electron chi connectivity index (χ0n) is 9.10. The summed E-state index contributed by atoms with van der Waals surface area (Å²) in [4.78, 5) is 16.8. The van der Waals surface area contributed by atoms with Crippen LogP contribution in [0.2, 0.25) is 0 Å². The van der Waals surface area contributed by atoms with Gasteiger partial charge in [-0.05, 0) is 19.9 Å². The van der Waals surface area contributed by atoms with Crippen molar-refractivity contribution in [3.63, 3.8) is 0 Å². The van der Waals surface area contributed by atoms with E-state index < -0.39 is 0 Å². The first-order valence-corrected chi connectivity index (χ1v) is 4.81. The van der Waals surface area contributed by atoms with Crippen molar-refractivity contribution in [2.45, 2.75) is 13.8 Å². The number of hydrogen-bond acceptors (Lipinski definition) is 6. The van der Waals surface area contributed by atoms with Gasteiger partial charge in [0.25, 0.3) is 0 Å². The van der Waals surface area contributed by atoms with Crippen molar-refractivity contribution < 1.29 is 0 Å². The third-order valence-corrected chi connectivity index (χ3v) is 2.29. The monoisotopic (exact) mass is 216 g/mol. The second kappa shape index (κ2) is 4.19. The Morgan fingerprint density at radius 3 is 2.38 bits per heavy atom. The van der Waals surface area contributed by atoms with Crippen LogP contribution in [0.3, 0.4) is 0 Å². The minimum atomic E-state index is 0.469. The van der Waals surface area contributed by atoms with Crippen LogP contribution in [0, 0.1) is 13.8 Å². The van der Waals surface area contributed by atoms with Crippen LogP contribution in [0.1, 0.15) is 11.3 Å². The SMILES string of the molecule is Cc1nc(-c2ncccn2)nc(NN)c1C. The molecule has 16 heavy (non-hydrogen) atoms. The van der Waals surface area contributed by atoms with E-state index in [1.54, 1.807) is 18.5 Å². The van der Waals surface area contributed by atoms with Crippen LogP contribution in [0.4, 0.5) is 5.82 Å². The number of aryl methyl sites for hydroxylation is 1. The maximum absolute atomic E-state index is 5.39. The highest BCUT2D eigenvalue weighted by Crippen LogP contribution is 2.17. The van der Waals surface area contributed by atoms with Crippen molar-refractivity contribution in [1.29, 1.82) is 0 Å². The van der Waals surface area contributed by atoms with Gasteiger partial charge >= 0.3 is 0 Å². The lowest BCUT2D eigenvalue weighted by atomic mass is 10.2. The Morgan fingerprint density at radius 1 is 1.06 bits per heavy atom. The standard InChI is InChI=1S/C10H12N6/c1-6-7(2)14-10(15-8(6)16-11)9-12-4-3-5-13-9/h3-5H,11H2,1-2H3,(H,14,15,16). The maximum Gasteiger partial charge on any atom is 0.199 e. The summed E-state index contributed by atoms with van der Waals surface area (Å²) in [5, 5.41) is 0. The van der Waals surface area contributed by atoms with Gasteiger partial charge in [0.15, 0.2) is 11.6 Å². The Hall–Kier alpha value is -2.08. The van der Waals surface area contributed by atoms with Crippen molar-refractivity contribution in [3.05, 3.63) is 29.7 Å². The van der Waals surface area contributed by atoms with Gasteiger partial charge in [-0.25, -0.2) is 25.8 Å². The van der Waals surface area contributed by atoms with Crippen LogP contribution in [0.25, 0.3) is 11.6 Å². The molecule has 82 valence electrons. The Morgan fingerprint density at radius 2 is 1.75 bits per heavy atom. The Bertz CT molecular complexity index is 496. The fourth-order valence-electron chi connectivity index (χ4n) is 1.28. The Kier molecular flexibility index (Phi) is 2.74. The van der Waals surface area contributed by atoms with Crippen LogP contribution in [-0.4, -0.2) is 19.9 Å². The molecule has 3 N–H and O–H groups in total. The number of hydrazine groups is 1. The van der Waals surface area contributed by atoms with Gasteiger partial charge in [-0.15, -0.1) is 0 Å². The lowest BCUT2D eigenvalue weighted by Crippen LogP contribution is -2.12. The zero-order valence-corrected chi connectivity index (χ0v) is 9.10. The molecule has 6 heteroatoms. The van der Waals surface area contributed by atoms with E-state index in [0.717, 1.165) is 11.3 Å². The molecule has 0 atom stereocenters. The van der Waals surface area contributed by atoms with Crippen molar-refractivity contribution >= 4 is 5.82 Å². The van der Waals surface area contributed by atoms with Crippen LogP contribution < -0.4 is 11.3 Å². The highest BCUT2D eigenvalue weighted by Gasteiger charge is 2.10. The van der Waals surface area contributed by atoms with Gasteiger partial charge in [-0.1, -0.05) is 0 Å². The van der Waals surface area contributed by atoms with E-state index in [1.807, 2.05) is 13.8 Å². The molecule has 0 aliphatic heterocycles. The molecule has 0 fully saturated rings. The summed E-state index contributed by atoms with van der Waals surface area (Å²) in [6.07, 6.45) is 3.30. The molecule has 0 aromatic carbocycles. The smallest absolute Gasteiger partial charge is 0.199 e. The normalized spacial score (nSPS) is 10.2. The third-order valence-electron chi connectivity index (χ3n) is 2.29. The number of nitrogen functional groups attached to an aromatic ring is 1. The number of nitrogens with two attached hydrogens (primary N) is 1. The predicted octanol–water partition coefficient (Wildman–Crippen LogP) is 0.836. The molecule has 0 spiro atoms. The zero-order chi connectivity index (χ0) is 11.5. The maximum atomic E-state index is 5.39. The largest absolute Gasteiger partial charge is 0.308 e. The van der Waals surface area contributed by atoms with E-state index in [4.69, 9.17) is 5.84 Å². The molecule has 0 saturated heterocycles. The average Bonchev–Trinajstić information content (AvgIpc) is 2.33. The Balaban J connectivity index is 2.55. The molecule has 0 unspecified atom stereocenters. The molecule has 2 aromatic heterocycles. The highest BCUT2D eigenvalue weighted by atomic mass is 15.3. The van der Waals surface area contributed by atoms with Gasteiger partial charge in [0.2, 0.25) is 0 Å². The van der Waals surface area contributed by atoms with Crippen LogP contribution in [-0.2, 0) is 0 Å². The molecular weight excluding hydrogens is 204 g/mol. The molecule has 0 aliphatic carbocycles. The highest BCUT2D eigenvalue weighted by molar-refractivity contribution is 5.52. The van der Waals surface area contributed by atoms with Gasteiger partial charge in [0.05, 0.1) is 0 Å². The number of nitrogens with one attached hydrogen (secondary N) is 1. The molecular formula is C10H12N6. The predicted molar refractivity (Wildman–Crippen MR) is 60.3 cm³/mol. The number of aromatic nitrogens is 4. The second-order valence-corrected chi connectivity index (χ2v) is 3.32. The number of rotatable bonds is 2. The van der Waals surface area contributed by atoms with Crippen molar-refractivity contribution in [1.82, 2.24) is 19.9 Å². The summed E-state index contributed by atoms with van der Waals surface area (Å²) >= 11 is 0. The Labute approximate surface area is 93.0 Å². The van der Waals surface area contributed by atoms with Crippen LogP contribution in [0.5, 0.6) is 0 Å². The lowest BCUT2D eigenvalue weighted by molar-refractivity contribution is 1.02. The number of nitrogens with zero attached hydrogens (tertiary/aromatic N) is 4. The molecule has 0 saturated carbocycles. The summed E-state index contributed by atoms with van der Waals surface area (Å²) in [5.41, 5.74) is 4.31. The molecule has 0 radical (unpaired) electrons. The summed E-state index contributed by atoms with van der Waals surface area (Å²) in [6.45, 7) is 3.80. The quantitative estimate of drug-likeness (QED) is 0.571. The van der Waals surface area contributed by atoms with Gasteiger partial charge in [-0.3, -0.25) is 0 Å². The average molecular weight is 216 g/mol. The minimum Gasteiger partial charge on any atom is -0.308 e. The van der Waals surface area contributed by atoms with Gasteiger partial charge in [-0.2, -0.15) is 0 Å². The molecule has 0 bridgehead atoms. The first-order chi connectivity index (χ1) is 7.72. The molecule has 0 aliphatic rings. The van der Waals surface area contributed by atoms with E-state index >= 15 is 0 Å². The lowest BCUT2D eigenvalue weighted by Gasteiger charge is -2.08. The molecule has 2 aromatic rings. The van der Waals surface area contributed by atoms with Gasteiger partial charge in [0.1, 0.15) is 5.82 Å². The van der Waals surface area contributed by atoms with Gasteiger partial charge in [0, 0.05) is 23.7 Å². The summed E-state index contributed by atoms with van der Waals surface area (Å²) < 4.78 is 0. The topological polar surface area (TPSA) is 89.6 Å². The van der Waals surface area contributed by atoms with E-state index in [-0.39, 0.29) is 0 Å². The summed E-state index contributed by atoms with van der Waals surface area (Å²) in [7, 11) is 0. The summed E-state index contributed by atoms with van der Waals surface area (Å²) in [5.74, 6) is 6.94. The van der Waals surface area contributed by atoms with Crippen molar-refractivity contribution in [2.75, 3.05) is 5.43 Å². The minimum absolute atomic E-state index is 0.469. The van der Waals surface area contributed by atoms with Crippen molar-refractivity contribution in [3.8, 4) is 11.6 Å². The van der Waals surface area contributed by atoms with Crippen molar-refractivity contribution in [2.24, 2.45) is 5.84 Å². The van der Waals surface area contributed by atoms with E-state index in [9.17, 15) is 0 Å². The second-order valence-electron chi connectivity index (χ2n) is 3.32. The first-order valence-electron chi connectivity index (χ1n) is 4.81. The van der Waals surface area contributed by atoms with E-state index in [0.29, 0.717) is 17.5 Å². The third kappa shape index (κ3) is 1.82. The fourth-order valence-corrected chi connectivity index (χ4v) is 1.28. The fraction of sp³-hybridized carbons (Fsp3) is 0.200. The number of hydrogen-bond donors (Lipinski definition) is 2.